The molecule has 2 fully saturated rings. The molecule has 0 aliphatic heterocycles. The van der Waals surface area contributed by atoms with E-state index in [0.29, 0.717) is 0 Å². The molecule has 2 aromatic carbocycles. The van der Waals surface area contributed by atoms with E-state index in [1.54, 1.807) is 5.56 Å². The predicted molar refractivity (Wildman–Crippen MR) is 127 cm³/mol. The van der Waals surface area contributed by atoms with Crippen molar-refractivity contribution < 1.29 is 0 Å². The molecule has 0 amide bonds. The lowest BCUT2D eigenvalue weighted by molar-refractivity contribution is 0.224. The van der Waals surface area contributed by atoms with Crippen LogP contribution in [0.3, 0.4) is 0 Å². The molecule has 0 nitrogen and oxygen atoms in total. The van der Waals surface area contributed by atoms with Crippen LogP contribution < -0.4 is 10.4 Å². The summed E-state index contributed by atoms with van der Waals surface area (Å²) in [6, 6.07) is 16.0. The molecule has 2 aliphatic rings. The topological polar surface area (TPSA) is 0 Å². The van der Waals surface area contributed by atoms with Gasteiger partial charge in [0.15, 0.2) is 0 Å². The number of hydrogen-bond acceptors (Lipinski definition) is 0. The zero-order valence-electron chi connectivity index (χ0n) is 18.5. The Hall–Kier alpha value is -1.82. The third-order valence-electron chi connectivity index (χ3n) is 7.87. The minimum absolute atomic E-state index is 0.732. The molecule has 0 aromatic heterocycles. The first-order valence-electron chi connectivity index (χ1n) is 11.9. The number of hydrogen-bond donors (Lipinski definition) is 0. The Morgan fingerprint density at radius 1 is 0.828 bits per heavy atom. The van der Waals surface area contributed by atoms with E-state index in [1.807, 2.05) is 0 Å². The molecule has 0 spiro atoms. The first-order chi connectivity index (χ1) is 14.1. The predicted octanol–water partition coefficient (Wildman–Crippen LogP) is 6.84. The van der Waals surface area contributed by atoms with E-state index < -0.39 is 0 Å². The standard InChI is InChI=1S/C29H38/c1-4-25-8-6-10-29(22(25)3)27-17-13-24(14-18-27)20-23-11-15-26(16-12-23)28-9-5-7-21(2)19-28/h4-10,19,23-24,26-27H,3,11-18,20H2,1-2H3/b25-4-. The van der Waals surface area contributed by atoms with Gasteiger partial charge >= 0.3 is 0 Å². The minimum Gasteiger partial charge on any atom is -0.0909 e. The molecule has 0 saturated heterocycles. The van der Waals surface area contributed by atoms with Crippen molar-refractivity contribution in [1.82, 2.24) is 0 Å². The van der Waals surface area contributed by atoms with Gasteiger partial charge in [0.25, 0.3) is 0 Å². The second-order valence-corrected chi connectivity index (χ2v) is 9.79. The highest BCUT2D eigenvalue weighted by molar-refractivity contribution is 5.32. The van der Waals surface area contributed by atoms with Crippen molar-refractivity contribution in [2.75, 3.05) is 0 Å². The summed E-state index contributed by atoms with van der Waals surface area (Å²) in [5, 5.41) is 2.59. The highest BCUT2D eigenvalue weighted by atomic mass is 14.3. The van der Waals surface area contributed by atoms with E-state index in [2.05, 4.69) is 69.0 Å². The lowest BCUT2D eigenvalue weighted by Crippen LogP contribution is -2.29. The second-order valence-electron chi connectivity index (χ2n) is 9.79. The van der Waals surface area contributed by atoms with Crippen molar-refractivity contribution in [3.8, 4) is 0 Å². The van der Waals surface area contributed by atoms with Crippen molar-refractivity contribution in [2.45, 2.75) is 83.5 Å². The maximum absolute atomic E-state index is 4.39. The van der Waals surface area contributed by atoms with Crippen LogP contribution in [-0.4, -0.2) is 0 Å². The summed E-state index contributed by atoms with van der Waals surface area (Å²) in [7, 11) is 0. The summed E-state index contributed by atoms with van der Waals surface area (Å²) < 4.78 is 0. The van der Waals surface area contributed by atoms with E-state index in [9.17, 15) is 0 Å². The van der Waals surface area contributed by atoms with Crippen LogP contribution in [0, 0.1) is 18.8 Å². The zero-order valence-corrected chi connectivity index (χ0v) is 18.5. The molecule has 2 aliphatic carbocycles. The van der Waals surface area contributed by atoms with Crippen molar-refractivity contribution in [3.63, 3.8) is 0 Å². The Kier molecular flexibility index (Phi) is 6.58. The van der Waals surface area contributed by atoms with Gasteiger partial charge in [-0.3, -0.25) is 0 Å². The van der Waals surface area contributed by atoms with Crippen molar-refractivity contribution in [1.29, 1.82) is 0 Å². The fourth-order valence-electron chi connectivity index (χ4n) is 6.11. The SMILES string of the molecule is C=c1c(C2CCC(CC3CCC(c4cccc(C)c4)CC3)CC2)ccc/c1=C/C. The van der Waals surface area contributed by atoms with Crippen LogP contribution >= 0.6 is 0 Å². The molecule has 2 aromatic rings. The molecule has 0 heteroatoms. The molecular formula is C29H38. The van der Waals surface area contributed by atoms with Crippen LogP contribution in [0.2, 0.25) is 0 Å². The first kappa shape index (κ1) is 20.5. The second kappa shape index (κ2) is 9.33. The van der Waals surface area contributed by atoms with Crippen LogP contribution in [0.1, 0.15) is 93.2 Å². The molecule has 0 N–H and O–H groups in total. The molecule has 0 radical (unpaired) electrons. The van der Waals surface area contributed by atoms with Gasteiger partial charge in [-0.25, -0.2) is 0 Å². The van der Waals surface area contributed by atoms with E-state index in [0.717, 1.165) is 23.7 Å². The van der Waals surface area contributed by atoms with Crippen LogP contribution in [0.15, 0.2) is 42.5 Å². The van der Waals surface area contributed by atoms with Gasteiger partial charge in [0, 0.05) is 0 Å². The lowest BCUT2D eigenvalue weighted by Gasteiger charge is -2.34. The molecule has 0 bridgehead atoms. The Morgan fingerprint density at radius 3 is 2.07 bits per heavy atom. The Bertz CT molecular complexity index is 905. The highest BCUT2D eigenvalue weighted by Crippen LogP contribution is 2.42. The molecule has 154 valence electrons. The van der Waals surface area contributed by atoms with Gasteiger partial charge in [0.2, 0.25) is 0 Å². The van der Waals surface area contributed by atoms with Crippen LogP contribution in [-0.2, 0) is 0 Å². The van der Waals surface area contributed by atoms with Crippen LogP contribution in [0.5, 0.6) is 0 Å². The van der Waals surface area contributed by atoms with Gasteiger partial charge in [-0.1, -0.05) is 60.7 Å². The fraction of sp³-hybridized carbons (Fsp3) is 0.517. The van der Waals surface area contributed by atoms with Gasteiger partial charge in [-0.2, -0.15) is 0 Å². The summed E-state index contributed by atoms with van der Waals surface area (Å²) in [5.41, 5.74) is 4.51. The van der Waals surface area contributed by atoms with E-state index >= 15 is 0 Å². The van der Waals surface area contributed by atoms with Crippen molar-refractivity contribution in [2.24, 2.45) is 11.8 Å². The van der Waals surface area contributed by atoms with Gasteiger partial charge in [-0.05, 0) is 117 Å². The van der Waals surface area contributed by atoms with Gasteiger partial charge in [0.05, 0.1) is 0 Å². The summed E-state index contributed by atoms with van der Waals surface area (Å²) in [6.45, 7) is 8.73. The highest BCUT2D eigenvalue weighted by Gasteiger charge is 2.28. The lowest BCUT2D eigenvalue weighted by atomic mass is 9.71. The molecule has 0 unspecified atom stereocenters. The molecule has 2 saturated carbocycles. The Labute approximate surface area is 177 Å². The molecule has 4 rings (SSSR count). The smallest absolute Gasteiger partial charge is 0.0156 e. The van der Waals surface area contributed by atoms with Gasteiger partial charge in [0.1, 0.15) is 0 Å². The van der Waals surface area contributed by atoms with Crippen LogP contribution in [0.4, 0.5) is 0 Å². The molecule has 0 heterocycles. The summed E-state index contributed by atoms with van der Waals surface area (Å²) >= 11 is 0. The summed E-state index contributed by atoms with van der Waals surface area (Å²) in [4.78, 5) is 0. The number of rotatable bonds is 4. The monoisotopic (exact) mass is 386 g/mol. The normalized spacial score (nSPS) is 28.4. The average Bonchev–Trinajstić information content (AvgIpc) is 2.75. The minimum atomic E-state index is 0.732. The van der Waals surface area contributed by atoms with Crippen molar-refractivity contribution in [3.05, 3.63) is 69.6 Å². The maximum Gasteiger partial charge on any atom is -0.0156 e. The van der Waals surface area contributed by atoms with Gasteiger partial charge in [-0.15, -0.1) is 0 Å². The van der Waals surface area contributed by atoms with E-state index in [4.69, 9.17) is 0 Å². The third kappa shape index (κ3) is 4.85. The Balaban J connectivity index is 1.27. The molecule has 0 atom stereocenters. The van der Waals surface area contributed by atoms with E-state index in [-0.39, 0.29) is 0 Å². The zero-order chi connectivity index (χ0) is 20.2. The molecular weight excluding hydrogens is 348 g/mol. The van der Waals surface area contributed by atoms with Gasteiger partial charge < -0.3 is 0 Å². The number of aryl methyl sites for hydroxylation is 1. The summed E-state index contributed by atoms with van der Waals surface area (Å²) in [6.07, 6.45) is 14.9. The number of benzene rings is 2. The fourth-order valence-corrected chi connectivity index (χ4v) is 6.11. The summed E-state index contributed by atoms with van der Waals surface area (Å²) in [5.74, 6) is 3.47. The van der Waals surface area contributed by atoms with Crippen LogP contribution in [0.25, 0.3) is 12.7 Å². The van der Waals surface area contributed by atoms with E-state index in [1.165, 1.54) is 79.4 Å². The van der Waals surface area contributed by atoms with Crippen molar-refractivity contribution >= 4 is 12.7 Å². The molecule has 29 heavy (non-hydrogen) atoms. The Morgan fingerprint density at radius 2 is 1.45 bits per heavy atom. The first-order valence-corrected chi connectivity index (χ1v) is 11.9. The average molecular weight is 387 g/mol. The maximum atomic E-state index is 4.39. The largest absolute Gasteiger partial charge is 0.0909 e. The quantitative estimate of drug-likeness (QED) is 0.539. The third-order valence-corrected chi connectivity index (χ3v) is 7.87.